The summed E-state index contributed by atoms with van der Waals surface area (Å²) < 4.78 is 10.7. The van der Waals surface area contributed by atoms with E-state index in [1.807, 2.05) is 23.1 Å². The molecule has 32 heavy (non-hydrogen) atoms. The molecule has 2 aromatic carbocycles. The Bertz CT molecular complexity index is 1180. The van der Waals surface area contributed by atoms with E-state index >= 15 is 0 Å². The molecule has 0 spiro atoms. The van der Waals surface area contributed by atoms with Crippen molar-refractivity contribution in [1.29, 1.82) is 0 Å². The Morgan fingerprint density at radius 2 is 2.00 bits per heavy atom. The van der Waals surface area contributed by atoms with E-state index in [1.54, 1.807) is 32.4 Å². The number of methoxy groups -OCH3 is 2. The molecule has 0 radical (unpaired) electrons. The van der Waals surface area contributed by atoms with E-state index in [0.29, 0.717) is 30.3 Å². The van der Waals surface area contributed by atoms with Crippen LogP contribution in [-0.4, -0.2) is 43.2 Å². The van der Waals surface area contributed by atoms with E-state index in [2.05, 4.69) is 41.5 Å². The summed E-state index contributed by atoms with van der Waals surface area (Å²) in [6.07, 6.45) is 7.88. The lowest BCUT2D eigenvalue weighted by Crippen LogP contribution is -2.38. The van der Waals surface area contributed by atoms with E-state index in [4.69, 9.17) is 9.47 Å². The van der Waals surface area contributed by atoms with E-state index < -0.39 is 0 Å². The first-order chi connectivity index (χ1) is 15.6. The zero-order chi connectivity index (χ0) is 22.5. The third-order valence-electron chi connectivity index (χ3n) is 5.84. The van der Waals surface area contributed by atoms with E-state index in [0.717, 1.165) is 24.1 Å². The predicted molar refractivity (Wildman–Crippen MR) is 129 cm³/mol. The summed E-state index contributed by atoms with van der Waals surface area (Å²) in [7, 11) is 3.19. The SMILES string of the molecule is COc1ccc(OC)c(NC(=O)N(CCc2c(C)[nH]c3ccccc23)CC2=CC=CC2)c1. The van der Waals surface area contributed by atoms with Gasteiger partial charge in [-0.25, -0.2) is 4.79 Å². The molecular formula is C26H29N3O3. The highest BCUT2D eigenvalue weighted by Gasteiger charge is 2.19. The number of hydrogen-bond donors (Lipinski definition) is 2. The molecule has 1 aliphatic rings. The number of fused-ring (bicyclic) bond motifs is 1. The van der Waals surface area contributed by atoms with Gasteiger partial charge in [0.05, 0.1) is 19.9 Å². The molecule has 0 unspecified atom stereocenters. The summed E-state index contributed by atoms with van der Waals surface area (Å²) in [6, 6.07) is 13.5. The number of nitrogens with zero attached hydrogens (tertiary/aromatic N) is 1. The molecule has 1 heterocycles. The summed E-state index contributed by atoms with van der Waals surface area (Å²) in [4.78, 5) is 18.6. The van der Waals surface area contributed by atoms with Crippen LogP contribution in [0.3, 0.4) is 0 Å². The number of amides is 2. The van der Waals surface area contributed by atoms with Gasteiger partial charge in [0.1, 0.15) is 11.5 Å². The maximum absolute atomic E-state index is 13.3. The number of allylic oxidation sites excluding steroid dienone is 3. The number of carbonyl (C=O) groups is 1. The molecule has 166 valence electrons. The number of nitrogens with one attached hydrogen (secondary N) is 2. The lowest BCUT2D eigenvalue weighted by Gasteiger charge is -2.24. The molecule has 2 amide bonds. The highest BCUT2D eigenvalue weighted by atomic mass is 16.5. The Labute approximate surface area is 188 Å². The largest absolute Gasteiger partial charge is 0.497 e. The number of carbonyl (C=O) groups excluding carboxylic acids is 1. The van der Waals surface area contributed by atoms with Crippen LogP contribution >= 0.6 is 0 Å². The van der Waals surface area contributed by atoms with Gasteiger partial charge in [-0.3, -0.25) is 0 Å². The second kappa shape index (κ2) is 9.64. The second-order valence-corrected chi connectivity index (χ2v) is 7.90. The highest BCUT2D eigenvalue weighted by Crippen LogP contribution is 2.29. The minimum atomic E-state index is -0.165. The van der Waals surface area contributed by atoms with Crippen molar-refractivity contribution < 1.29 is 14.3 Å². The number of ether oxygens (including phenoxy) is 2. The fraction of sp³-hybridized carbons (Fsp3) is 0.269. The predicted octanol–water partition coefficient (Wildman–Crippen LogP) is 5.46. The first-order valence-electron chi connectivity index (χ1n) is 10.8. The van der Waals surface area contributed by atoms with Gasteiger partial charge >= 0.3 is 6.03 Å². The van der Waals surface area contributed by atoms with Crippen molar-refractivity contribution in [2.24, 2.45) is 0 Å². The lowest BCUT2D eigenvalue weighted by atomic mass is 10.1. The topological polar surface area (TPSA) is 66.6 Å². The molecule has 0 atom stereocenters. The van der Waals surface area contributed by atoms with Crippen LogP contribution in [0, 0.1) is 6.92 Å². The highest BCUT2D eigenvalue weighted by molar-refractivity contribution is 5.91. The summed E-state index contributed by atoms with van der Waals surface area (Å²) in [6.45, 7) is 3.26. The number of benzene rings is 2. The van der Waals surface area contributed by atoms with Crippen LogP contribution in [0.25, 0.3) is 10.9 Å². The molecule has 0 saturated heterocycles. The summed E-state index contributed by atoms with van der Waals surface area (Å²) in [5.41, 5.74) is 5.32. The second-order valence-electron chi connectivity index (χ2n) is 7.90. The smallest absolute Gasteiger partial charge is 0.322 e. The average Bonchev–Trinajstić information content (AvgIpc) is 3.43. The fourth-order valence-corrected chi connectivity index (χ4v) is 4.12. The van der Waals surface area contributed by atoms with Gasteiger partial charge < -0.3 is 24.7 Å². The van der Waals surface area contributed by atoms with Crippen LogP contribution in [0.4, 0.5) is 10.5 Å². The average molecular weight is 432 g/mol. The minimum absolute atomic E-state index is 0.165. The fourth-order valence-electron chi connectivity index (χ4n) is 4.12. The standard InChI is InChI=1S/C26H29N3O3/c1-18-21(22-10-6-7-11-23(22)27-18)14-15-29(17-19-8-4-5-9-19)26(30)28-24-16-20(31-2)12-13-25(24)32-3/h4-8,10-13,16,27H,9,14-15,17H2,1-3H3,(H,28,30). The molecule has 0 bridgehead atoms. The summed E-state index contributed by atoms with van der Waals surface area (Å²) in [5, 5.41) is 4.23. The van der Waals surface area contributed by atoms with Gasteiger partial charge in [-0.1, -0.05) is 36.4 Å². The van der Waals surface area contributed by atoms with E-state index in [1.165, 1.54) is 16.5 Å². The number of aryl methyl sites for hydroxylation is 1. The van der Waals surface area contributed by atoms with Gasteiger partial charge in [0.25, 0.3) is 0 Å². The van der Waals surface area contributed by atoms with Gasteiger partial charge in [-0.05, 0) is 49.1 Å². The number of H-pyrrole nitrogens is 1. The molecule has 1 aliphatic carbocycles. The molecule has 4 rings (SSSR count). The van der Waals surface area contributed by atoms with E-state index in [9.17, 15) is 4.79 Å². The molecular weight excluding hydrogens is 402 g/mol. The van der Waals surface area contributed by atoms with Crippen molar-refractivity contribution in [2.45, 2.75) is 19.8 Å². The van der Waals surface area contributed by atoms with Gasteiger partial charge in [-0.15, -0.1) is 0 Å². The monoisotopic (exact) mass is 431 g/mol. The van der Waals surface area contributed by atoms with Gasteiger partial charge in [0.2, 0.25) is 0 Å². The van der Waals surface area contributed by atoms with Crippen molar-refractivity contribution in [3.05, 3.63) is 77.5 Å². The van der Waals surface area contributed by atoms with Crippen molar-refractivity contribution in [3.8, 4) is 11.5 Å². The number of aromatic nitrogens is 1. The Morgan fingerprint density at radius 3 is 2.75 bits per heavy atom. The van der Waals surface area contributed by atoms with Crippen LogP contribution < -0.4 is 14.8 Å². The molecule has 6 nitrogen and oxygen atoms in total. The molecule has 0 aliphatic heterocycles. The van der Waals surface area contributed by atoms with Crippen molar-refractivity contribution >= 4 is 22.6 Å². The van der Waals surface area contributed by atoms with Gasteiger partial charge in [-0.2, -0.15) is 0 Å². The number of aromatic amines is 1. The number of rotatable bonds is 8. The maximum atomic E-state index is 13.3. The molecule has 0 fully saturated rings. The Hall–Kier alpha value is -3.67. The quantitative estimate of drug-likeness (QED) is 0.498. The van der Waals surface area contributed by atoms with Gasteiger partial charge in [0.15, 0.2) is 0 Å². The van der Waals surface area contributed by atoms with Crippen LogP contribution in [0.2, 0.25) is 0 Å². The van der Waals surface area contributed by atoms with Crippen molar-refractivity contribution in [2.75, 3.05) is 32.6 Å². The summed E-state index contributed by atoms with van der Waals surface area (Å²) >= 11 is 0. The zero-order valence-corrected chi connectivity index (χ0v) is 18.8. The van der Waals surface area contributed by atoms with Crippen LogP contribution in [0.1, 0.15) is 17.7 Å². The molecule has 0 saturated carbocycles. The molecule has 6 heteroatoms. The molecule has 1 aromatic heterocycles. The molecule has 2 N–H and O–H groups in total. The lowest BCUT2D eigenvalue weighted by molar-refractivity contribution is 0.216. The summed E-state index contributed by atoms with van der Waals surface area (Å²) in [5.74, 6) is 1.25. The maximum Gasteiger partial charge on any atom is 0.322 e. The number of urea groups is 1. The third-order valence-corrected chi connectivity index (χ3v) is 5.84. The Morgan fingerprint density at radius 1 is 1.16 bits per heavy atom. The van der Waals surface area contributed by atoms with Crippen LogP contribution in [0.15, 0.2) is 66.3 Å². The van der Waals surface area contributed by atoms with Crippen LogP contribution in [0.5, 0.6) is 11.5 Å². The zero-order valence-electron chi connectivity index (χ0n) is 18.8. The minimum Gasteiger partial charge on any atom is -0.497 e. The number of para-hydroxylation sites is 1. The first kappa shape index (κ1) is 21.6. The number of anilines is 1. The van der Waals surface area contributed by atoms with Crippen molar-refractivity contribution in [3.63, 3.8) is 0 Å². The Kier molecular flexibility index (Phi) is 6.50. The first-order valence-corrected chi connectivity index (χ1v) is 10.8. The van der Waals surface area contributed by atoms with Gasteiger partial charge in [0, 0.05) is 35.8 Å². The number of hydrogen-bond acceptors (Lipinski definition) is 3. The van der Waals surface area contributed by atoms with Crippen LogP contribution in [-0.2, 0) is 6.42 Å². The molecule has 3 aromatic rings. The third kappa shape index (κ3) is 4.64. The van der Waals surface area contributed by atoms with Crippen molar-refractivity contribution in [1.82, 2.24) is 9.88 Å². The normalized spacial score (nSPS) is 12.7. The van der Waals surface area contributed by atoms with E-state index in [-0.39, 0.29) is 6.03 Å². The Balaban J connectivity index is 1.55.